The Bertz CT molecular complexity index is 575. The van der Waals surface area contributed by atoms with Crippen molar-refractivity contribution in [2.75, 3.05) is 33.4 Å². The van der Waals surface area contributed by atoms with Gasteiger partial charge < -0.3 is 20.1 Å². The number of amides is 1. The molecule has 21 heavy (non-hydrogen) atoms. The molecule has 1 saturated heterocycles. The molecule has 2 rings (SSSR count). The van der Waals surface area contributed by atoms with Crippen molar-refractivity contribution >= 4 is 5.91 Å². The van der Waals surface area contributed by atoms with Crippen LogP contribution in [-0.2, 0) is 4.74 Å². The van der Waals surface area contributed by atoms with Crippen LogP contribution in [0.5, 0.6) is 5.75 Å². The summed E-state index contributed by atoms with van der Waals surface area (Å²) in [5.74, 6) is 6.35. The van der Waals surface area contributed by atoms with E-state index in [1.54, 1.807) is 30.2 Å². The van der Waals surface area contributed by atoms with Gasteiger partial charge in [0.05, 0.1) is 31.9 Å². The fourth-order valence-electron chi connectivity index (χ4n) is 2.27. The van der Waals surface area contributed by atoms with Crippen LogP contribution in [0.25, 0.3) is 0 Å². The summed E-state index contributed by atoms with van der Waals surface area (Å²) in [7, 11) is 1.58. The minimum Gasteiger partial charge on any atom is -0.495 e. The molecule has 0 saturated carbocycles. The summed E-state index contributed by atoms with van der Waals surface area (Å²) in [6.45, 7) is 4.02. The van der Waals surface area contributed by atoms with Gasteiger partial charge in [0.15, 0.2) is 0 Å². The number of rotatable bonds is 2. The molecule has 0 bridgehead atoms. The number of benzene rings is 1. The van der Waals surface area contributed by atoms with Gasteiger partial charge in [-0.05, 0) is 25.1 Å². The zero-order valence-electron chi connectivity index (χ0n) is 12.4. The summed E-state index contributed by atoms with van der Waals surface area (Å²) < 4.78 is 10.7. The van der Waals surface area contributed by atoms with Gasteiger partial charge in [-0.25, -0.2) is 0 Å². The molecule has 1 aliphatic heterocycles. The van der Waals surface area contributed by atoms with Crippen molar-refractivity contribution in [3.63, 3.8) is 0 Å². The predicted octanol–water partition coefficient (Wildman–Crippen LogP) is 0.866. The van der Waals surface area contributed by atoms with Crippen molar-refractivity contribution in [2.24, 2.45) is 5.73 Å². The van der Waals surface area contributed by atoms with Crippen molar-refractivity contribution in [3.05, 3.63) is 29.3 Å². The molecule has 0 radical (unpaired) electrons. The third kappa shape index (κ3) is 3.75. The van der Waals surface area contributed by atoms with Crippen molar-refractivity contribution in [1.82, 2.24) is 4.90 Å². The van der Waals surface area contributed by atoms with Crippen LogP contribution in [0.2, 0.25) is 0 Å². The van der Waals surface area contributed by atoms with Crippen molar-refractivity contribution < 1.29 is 14.3 Å². The molecule has 1 aliphatic rings. The van der Waals surface area contributed by atoms with Gasteiger partial charge in [-0.1, -0.05) is 11.8 Å². The Kier molecular flexibility index (Phi) is 5.20. The number of nitrogens with zero attached hydrogens (tertiary/aromatic N) is 1. The van der Waals surface area contributed by atoms with Crippen LogP contribution in [0.3, 0.4) is 0 Å². The molecular weight excluding hydrogens is 268 g/mol. The minimum atomic E-state index is -0.0106. The number of methoxy groups -OCH3 is 1. The third-order valence-corrected chi connectivity index (χ3v) is 3.30. The smallest absolute Gasteiger partial charge is 0.254 e. The second-order valence-electron chi connectivity index (χ2n) is 4.85. The first-order valence-corrected chi connectivity index (χ1v) is 6.93. The van der Waals surface area contributed by atoms with Gasteiger partial charge in [0, 0.05) is 18.7 Å². The van der Waals surface area contributed by atoms with E-state index in [0.29, 0.717) is 36.6 Å². The van der Waals surface area contributed by atoms with Crippen LogP contribution in [0.15, 0.2) is 18.2 Å². The Morgan fingerprint density at radius 3 is 3.05 bits per heavy atom. The first-order valence-electron chi connectivity index (χ1n) is 6.93. The molecule has 0 aromatic heterocycles. The van der Waals surface area contributed by atoms with E-state index in [1.807, 2.05) is 6.92 Å². The van der Waals surface area contributed by atoms with E-state index >= 15 is 0 Å². The Labute approximate surface area is 125 Å². The second kappa shape index (κ2) is 7.11. The zero-order chi connectivity index (χ0) is 15.2. The third-order valence-electron chi connectivity index (χ3n) is 3.30. The summed E-state index contributed by atoms with van der Waals surface area (Å²) in [6.07, 6.45) is 0.0671. The largest absolute Gasteiger partial charge is 0.495 e. The fraction of sp³-hybridized carbons (Fsp3) is 0.438. The lowest BCUT2D eigenvalue weighted by molar-refractivity contribution is -0.0124. The van der Waals surface area contributed by atoms with Crippen LogP contribution in [-0.4, -0.2) is 50.3 Å². The highest BCUT2D eigenvalue weighted by atomic mass is 16.5. The number of carbonyl (C=O) groups excluding carboxylic acids is 1. The van der Waals surface area contributed by atoms with E-state index in [2.05, 4.69) is 11.8 Å². The molecule has 1 atom stereocenters. The highest BCUT2D eigenvalue weighted by Gasteiger charge is 2.22. The topological polar surface area (TPSA) is 64.8 Å². The number of hydrogen-bond acceptors (Lipinski definition) is 4. The monoisotopic (exact) mass is 288 g/mol. The average molecular weight is 288 g/mol. The van der Waals surface area contributed by atoms with Gasteiger partial charge in [-0.3, -0.25) is 4.79 Å². The van der Waals surface area contributed by atoms with Gasteiger partial charge in [-0.15, -0.1) is 0 Å². The van der Waals surface area contributed by atoms with Gasteiger partial charge in [-0.2, -0.15) is 0 Å². The van der Waals surface area contributed by atoms with Crippen LogP contribution < -0.4 is 10.5 Å². The number of carbonyl (C=O) groups is 1. The molecule has 112 valence electrons. The molecular formula is C16H20N2O3. The van der Waals surface area contributed by atoms with E-state index in [0.717, 1.165) is 0 Å². The lowest BCUT2D eigenvalue weighted by atomic mass is 10.1. The minimum absolute atomic E-state index is 0.0106. The Hall–Kier alpha value is -2.03. The summed E-state index contributed by atoms with van der Waals surface area (Å²) in [5.41, 5.74) is 6.67. The van der Waals surface area contributed by atoms with Crippen LogP contribution in [0.1, 0.15) is 22.8 Å². The fourth-order valence-corrected chi connectivity index (χ4v) is 2.27. The van der Waals surface area contributed by atoms with Gasteiger partial charge in [0.2, 0.25) is 0 Å². The Balaban J connectivity index is 2.24. The molecule has 1 heterocycles. The van der Waals surface area contributed by atoms with Gasteiger partial charge >= 0.3 is 0 Å². The highest BCUT2D eigenvalue weighted by molar-refractivity contribution is 5.95. The van der Waals surface area contributed by atoms with Gasteiger partial charge in [0.1, 0.15) is 5.75 Å². The maximum atomic E-state index is 12.5. The van der Waals surface area contributed by atoms with E-state index in [1.165, 1.54) is 0 Å². The standard InChI is InChI=1S/C16H20N2O3/c1-12-11-18(8-9-21-12)16(19)14-5-6-15(20-2)13(10-14)4-3-7-17/h5-6,10,12H,7-9,11,17H2,1-2H3. The Morgan fingerprint density at radius 1 is 1.57 bits per heavy atom. The molecule has 1 amide bonds. The number of ether oxygens (including phenoxy) is 2. The number of nitrogens with two attached hydrogens (primary N) is 1. The Morgan fingerprint density at radius 2 is 2.38 bits per heavy atom. The molecule has 0 aliphatic carbocycles. The summed E-state index contributed by atoms with van der Waals surface area (Å²) in [4.78, 5) is 14.3. The molecule has 2 N–H and O–H groups in total. The maximum absolute atomic E-state index is 12.5. The van der Waals surface area contributed by atoms with Crippen molar-refractivity contribution in [3.8, 4) is 17.6 Å². The van der Waals surface area contributed by atoms with E-state index < -0.39 is 0 Å². The maximum Gasteiger partial charge on any atom is 0.254 e. The zero-order valence-corrected chi connectivity index (χ0v) is 12.4. The van der Waals surface area contributed by atoms with Crippen LogP contribution in [0, 0.1) is 11.8 Å². The number of hydrogen-bond donors (Lipinski definition) is 1. The molecule has 5 nitrogen and oxygen atoms in total. The summed E-state index contributed by atoms with van der Waals surface area (Å²) in [5, 5.41) is 0. The normalized spacial score (nSPS) is 17.9. The molecule has 1 aromatic carbocycles. The SMILES string of the molecule is COc1ccc(C(=O)N2CCOC(C)C2)cc1C#CCN. The van der Waals surface area contributed by atoms with E-state index in [9.17, 15) is 4.79 Å². The number of morpholine rings is 1. The van der Waals surface area contributed by atoms with Crippen LogP contribution >= 0.6 is 0 Å². The molecule has 5 heteroatoms. The van der Waals surface area contributed by atoms with Gasteiger partial charge in [0.25, 0.3) is 5.91 Å². The highest BCUT2D eigenvalue weighted by Crippen LogP contribution is 2.20. The first-order chi connectivity index (χ1) is 10.2. The summed E-state index contributed by atoms with van der Waals surface area (Å²) in [6, 6.07) is 5.27. The first kappa shape index (κ1) is 15.4. The van der Waals surface area contributed by atoms with E-state index in [-0.39, 0.29) is 18.6 Å². The predicted molar refractivity (Wildman–Crippen MR) is 80.2 cm³/mol. The average Bonchev–Trinajstić information content (AvgIpc) is 2.51. The second-order valence-corrected chi connectivity index (χ2v) is 4.85. The molecule has 1 fully saturated rings. The van der Waals surface area contributed by atoms with Crippen molar-refractivity contribution in [2.45, 2.75) is 13.0 Å². The lowest BCUT2D eigenvalue weighted by Gasteiger charge is -2.31. The van der Waals surface area contributed by atoms with Crippen LogP contribution in [0.4, 0.5) is 0 Å². The quantitative estimate of drug-likeness (QED) is 0.820. The van der Waals surface area contributed by atoms with E-state index in [4.69, 9.17) is 15.2 Å². The molecule has 1 aromatic rings. The molecule has 0 spiro atoms. The molecule has 1 unspecified atom stereocenters. The van der Waals surface area contributed by atoms with Crippen molar-refractivity contribution in [1.29, 1.82) is 0 Å². The lowest BCUT2D eigenvalue weighted by Crippen LogP contribution is -2.44. The summed E-state index contributed by atoms with van der Waals surface area (Å²) >= 11 is 0.